The lowest BCUT2D eigenvalue weighted by atomic mass is 9.54. The summed E-state index contributed by atoms with van der Waals surface area (Å²) < 4.78 is 6.48. The summed E-state index contributed by atoms with van der Waals surface area (Å²) in [4.78, 5) is 19.9. The van der Waals surface area contributed by atoms with E-state index in [1.165, 1.54) is 44.9 Å². The Morgan fingerprint density at radius 3 is 2.25 bits per heavy atom. The molecule has 28 heavy (non-hydrogen) atoms. The van der Waals surface area contributed by atoms with E-state index in [0.29, 0.717) is 6.04 Å². The van der Waals surface area contributed by atoms with Gasteiger partial charge in [-0.05, 0) is 83.0 Å². The monoisotopic (exact) mass is 389 g/mol. The van der Waals surface area contributed by atoms with Gasteiger partial charge >= 0.3 is 5.97 Å². The third kappa shape index (κ3) is 3.14. The predicted molar refractivity (Wildman–Crippen MR) is 109 cm³/mol. The standard InChI is InChI=1S/C24H39NO3/c1-4-5-6-7-8-20-15-24(16-22(2,3)28-25(20)24)21(26)27-23-12-17-9-18(13-23)11-19(10-17)14-23/h17-20H,4-16H2,1-3H3. The van der Waals surface area contributed by atoms with Gasteiger partial charge in [-0.15, -0.1) is 0 Å². The van der Waals surface area contributed by atoms with Crippen molar-refractivity contribution in [1.29, 1.82) is 0 Å². The molecule has 6 fully saturated rings. The fourth-order valence-corrected chi connectivity index (χ4v) is 7.83. The van der Waals surface area contributed by atoms with Crippen LogP contribution in [0.2, 0.25) is 0 Å². The van der Waals surface area contributed by atoms with Crippen LogP contribution in [0.3, 0.4) is 0 Å². The van der Waals surface area contributed by atoms with Crippen LogP contribution in [0.1, 0.15) is 104 Å². The summed E-state index contributed by atoms with van der Waals surface area (Å²) >= 11 is 0. The average molecular weight is 390 g/mol. The van der Waals surface area contributed by atoms with Gasteiger partial charge in [0.15, 0.2) is 0 Å². The quantitative estimate of drug-likeness (QED) is 0.432. The van der Waals surface area contributed by atoms with Crippen LogP contribution in [0.5, 0.6) is 0 Å². The van der Waals surface area contributed by atoms with E-state index in [1.807, 2.05) is 0 Å². The minimum atomic E-state index is -0.512. The molecule has 158 valence electrons. The van der Waals surface area contributed by atoms with E-state index < -0.39 is 5.54 Å². The van der Waals surface area contributed by atoms with Gasteiger partial charge in [-0.1, -0.05) is 32.6 Å². The Bertz CT molecular complexity index is 594. The number of hydroxylamine groups is 2. The maximum Gasteiger partial charge on any atom is 0.329 e. The second-order valence-electron chi connectivity index (χ2n) is 11.6. The summed E-state index contributed by atoms with van der Waals surface area (Å²) in [6.07, 6.45) is 15.4. The number of unbranched alkanes of at least 4 members (excludes halogenated alkanes) is 3. The topological polar surface area (TPSA) is 38.8 Å². The van der Waals surface area contributed by atoms with Crippen LogP contribution < -0.4 is 0 Å². The Hall–Kier alpha value is -0.610. The zero-order valence-corrected chi connectivity index (χ0v) is 18.2. The first kappa shape index (κ1) is 19.4. The highest BCUT2D eigenvalue weighted by molar-refractivity contribution is 5.83. The molecule has 2 atom stereocenters. The second kappa shape index (κ2) is 6.70. The molecular weight excluding hydrogens is 350 g/mol. The lowest BCUT2D eigenvalue weighted by Crippen LogP contribution is -2.68. The molecule has 4 bridgehead atoms. The number of esters is 1. The smallest absolute Gasteiger partial charge is 0.329 e. The lowest BCUT2D eigenvalue weighted by molar-refractivity contribution is -0.291. The summed E-state index contributed by atoms with van der Waals surface area (Å²) in [6.45, 7) is 6.50. The molecule has 2 saturated heterocycles. The van der Waals surface area contributed by atoms with Crippen molar-refractivity contribution in [3.63, 3.8) is 0 Å². The summed E-state index contributed by atoms with van der Waals surface area (Å²) in [5.41, 5.74) is -0.924. The van der Waals surface area contributed by atoms with Crippen LogP contribution in [0, 0.1) is 17.8 Å². The van der Waals surface area contributed by atoms with E-state index in [0.717, 1.165) is 56.3 Å². The van der Waals surface area contributed by atoms with Crippen LogP contribution in [0.4, 0.5) is 0 Å². The molecule has 0 radical (unpaired) electrons. The molecule has 0 aromatic carbocycles. The van der Waals surface area contributed by atoms with Crippen molar-refractivity contribution in [3.8, 4) is 0 Å². The Morgan fingerprint density at radius 1 is 1.00 bits per heavy atom. The first-order chi connectivity index (χ1) is 13.3. The first-order valence-corrected chi connectivity index (χ1v) is 12.1. The zero-order chi connectivity index (χ0) is 19.6. The average Bonchev–Trinajstić information content (AvgIpc) is 2.81. The molecule has 2 aliphatic heterocycles. The van der Waals surface area contributed by atoms with Gasteiger partial charge in [-0.2, -0.15) is 5.06 Å². The van der Waals surface area contributed by atoms with Crippen LogP contribution in [0.25, 0.3) is 0 Å². The van der Waals surface area contributed by atoms with E-state index in [9.17, 15) is 4.79 Å². The molecule has 2 unspecified atom stereocenters. The number of rotatable bonds is 7. The van der Waals surface area contributed by atoms with Crippen molar-refractivity contribution in [2.75, 3.05) is 0 Å². The first-order valence-electron chi connectivity index (χ1n) is 12.1. The second-order valence-corrected chi connectivity index (χ2v) is 11.6. The van der Waals surface area contributed by atoms with Crippen molar-refractivity contribution >= 4 is 5.97 Å². The Morgan fingerprint density at radius 2 is 1.64 bits per heavy atom. The maximum atomic E-state index is 13.6. The van der Waals surface area contributed by atoms with Crippen LogP contribution >= 0.6 is 0 Å². The molecule has 0 aromatic rings. The Kier molecular flexibility index (Phi) is 4.63. The number of ether oxygens (including phenoxy) is 1. The van der Waals surface area contributed by atoms with Gasteiger partial charge in [0.25, 0.3) is 0 Å². The SMILES string of the molecule is CCCCCCC1CC2(C(=O)OC34CC5CC(CC(C5)C3)C4)CC(C)(C)ON12. The van der Waals surface area contributed by atoms with Crippen molar-refractivity contribution in [3.05, 3.63) is 0 Å². The van der Waals surface area contributed by atoms with Crippen molar-refractivity contribution in [1.82, 2.24) is 5.06 Å². The molecule has 0 aromatic heterocycles. The third-order valence-corrected chi connectivity index (χ3v) is 8.45. The van der Waals surface area contributed by atoms with Crippen molar-refractivity contribution in [2.45, 2.75) is 127 Å². The molecule has 4 saturated carbocycles. The van der Waals surface area contributed by atoms with Gasteiger partial charge in [-0.25, -0.2) is 4.79 Å². The van der Waals surface area contributed by atoms with Crippen LogP contribution in [-0.2, 0) is 14.4 Å². The minimum Gasteiger partial charge on any atom is -0.458 e. The van der Waals surface area contributed by atoms with Gasteiger partial charge in [0.2, 0.25) is 0 Å². The van der Waals surface area contributed by atoms with Gasteiger partial charge < -0.3 is 4.74 Å². The largest absolute Gasteiger partial charge is 0.458 e. The highest BCUT2D eigenvalue weighted by Gasteiger charge is 2.67. The van der Waals surface area contributed by atoms with Gasteiger partial charge in [0, 0.05) is 12.5 Å². The molecule has 4 nitrogen and oxygen atoms in total. The van der Waals surface area contributed by atoms with Gasteiger partial charge in [0.1, 0.15) is 11.1 Å². The van der Waals surface area contributed by atoms with Crippen LogP contribution in [0.15, 0.2) is 0 Å². The van der Waals surface area contributed by atoms with E-state index in [-0.39, 0.29) is 17.2 Å². The number of carbonyl (C=O) groups is 1. The number of hydrogen-bond donors (Lipinski definition) is 0. The molecule has 6 aliphatic rings. The normalized spacial score (nSPS) is 45.7. The summed E-state index contributed by atoms with van der Waals surface area (Å²) in [7, 11) is 0. The van der Waals surface area contributed by atoms with Gasteiger partial charge in [-0.3, -0.25) is 4.84 Å². The number of nitrogens with zero attached hydrogens (tertiary/aromatic N) is 1. The Balaban J connectivity index is 1.27. The number of carbonyl (C=O) groups excluding carboxylic acids is 1. The molecule has 0 amide bonds. The Labute approximate surface area is 170 Å². The number of fused-ring (bicyclic) bond motifs is 1. The number of hydrogen-bond acceptors (Lipinski definition) is 4. The van der Waals surface area contributed by atoms with Crippen molar-refractivity contribution in [2.24, 2.45) is 17.8 Å². The van der Waals surface area contributed by atoms with Crippen molar-refractivity contribution < 1.29 is 14.4 Å². The highest BCUT2D eigenvalue weighted by Crippen LogP contribution is 2.59. The van der Waals surface area contributed by atoms with Gasteiger partial charge in [0.05, 0.1) is 5.60 Å². The predicted octanol–water partition coefficient (Wildman–Crippen LogP) is 5.40. The molecular formula is C24H39NO3. The maximum absolute atomic E-state index is 13.6. The van der Waals surface area contributed by atoms with E-state index in [1.54, 1.807) is 0 Å². The van der Waals surface area contributed by atoms with E-state index in [4.69, 9.17) is 9.57 Å². The van der Waals surface area contributed by atoms with Crippen LogP contribution in [-0.4, -0.2) is 33.8 Å². The molecule has 4 heteroatoms. The third-order valence-electron chi connectivity index (χ3n) is 8.45. The molecule has 6 rings (SSSR count). The minimum absolute atomic E-state index is 0.0323. The van der Waals surface area contributed by atoms with E-state index >= 15 is 0 Å². The summed E-state index contributed by atoms with van der Waals surface area (Å²) in [5, 5.41) is 2.07. The molecule has 2 heterocycles. The fraction of sp³-hybridized carbons (Fsp3) is 0.958. The zero-order valence-electron chi connectivity index (χ0n) is 18.2. The molecule has 0 N–H and O–H groups in total. The fourth-order valence-electron chi connectivity index (χ4n) is 7.83. The molecule has 0 spiro atoms. The summed E-state index contributed by atoms with van der Waals surface area (Å²) in [6, 6.07) is 0.391. The lowest BCUT2D eigenvalue weighted by Gasteiger charge is -2.57. The highest BCUT2D eigenvalue weighted by atomic mass is 16.7. The molecule has 4 aliphatic carbocycles. The summed E-state index contributed by atoms with van der Waals surface area (Å²) in [5.74, 6) is 2.44. The van der Waals surface area contributed by atoms with E-state index in [2.05, 4.69) is 25.8 Å².